The summed E-state index contributed by atoms with van der Waals surface area (Å²) in [6, 6.07) is 10.6. The minimum absolute atomic E-state index is 0.0812. The fourth-order valence-corrected chi connectivity index (χ4v) is 4.10. The topological polar surface area (TPSA) is 68.8 Å². The Kier molecular flexibility index (Phi) is 7.86. The van der Waals surface area contributed by atoms with E-state index in [2.05, 4.69) is 43.4 Å². The summed E-state index contributed by atoms with van der Waals surface area (Å²) in [4.78, 5) is 18.7. The molecule has 1 aromatic heterocycles. The van der Waals surface area contributed by atoms with Crippen LogP contribution < -0.4 is 20.9 Å². The third kappa shape index (κ3) is 6.74. The van der Waals surface area contributed by atoms with Gasteiger partial charge in [-0.1, -0.05) is 12.1 Å². The van der Waals surface area contributed by atoms with Gasteiger partial charge < -0.3 is 20.9 Å². The summed E-state index contributed by atoms with van der Waals surface area (Å²) in [5.74, 6) is 0.379. The van der Waals surface area contributed by atoms with E-state index in [1.807, 2.05) is 0 Å². The van der Waals surface area contributed by atoms with E-state index >= 15 is 0 Å². The maximum atomic E-state index is 12.9. The van der Waals surface area contributed by atoms with E-state index in [9.17, 15) is 9.18 Å². The number of thiophene rings is 1. The molecule has 1 aliphatic rings. The monoisotopic (exact) mass is 417 g/mol. The molecule has 1 saturated heterocycles. The van der Waals surface area contributed by atoms with Gasteiger partial charge in [0.25, 0.3) is 0 Å². The number of amides is 1. The summed E-state index contributed by atoms with van der Waals surface area (Å²) in [6.45, 7) is 3.16. The number of nitrogens with one attached hydrogen (secondary N) is 3. The van der Waals surface area contributed by atoms with Crippen molar-refractivity contribution in [3.8, 4) is 0 Å². The number of guanidine groups is 1. The van der Waals surface area contributed by atoms with Crippen LogP contribution in [0.5, 0.6) is 0 Å². The molecule has 0 saturated carbocycles. The summed E-state index contributed by atoms with van der Waals surface area (Å²) in [7, 11) is 1.75. The first-order chi connectivity index (χ1) is 14.1. The van der Waals surface area contributed by atoms with Gasteiger partial charge in [-0.15, -0.1) is 11.3 Å². The van der Waals surface area contributed by atoms with Gasteiger partial charge >= 0.3 is 0 Å². The second kappa shape index (κ2) is 10.8. The predicted octanol–water partition coefficient (Wildman–Crippen LogP) is 2.38. The van der Waals surface area contributed by atoms with Crippen LogP contribution in [0.3, 0.4) is 0 Å². The smallest absolute Gasteiger partial charge is 0.224 e. The van der Waals surface area contributed by atoms with Crippen LogP contribution >= 0.6 is 11.3 Å². The molecule has 6 nitrogen and oxygen atoms in total. The molecule has 1 fully saturated rings. The highest BCUT2D eigenvalue weighted by atomic mass is 32.1. The molecule has 2 aromatic rings. The lowest BCUT2D eigenvalue weighted by molar-refractivity contribution is -0.120. The molecule has 1 aliphatic heterocycles. The van der Waals surface area contributed by atoms with Crippen LogP contribution in [0.15, 0.2) is 46.8 Å². The number of rotatable bonds is 7. The number of carbonyl (C=O) groups excluding carboxylic acids is 1. The van der Waals surface area contributed by atoms with Crippen LogP contribution in [0.1, 0.15) is 18.4 Å². The standard InChI is InChI=1S/C21H28FN5OS/c1-23-21(26-18-8-12-27(13-9-18)20-3-2-14-29-20)25-11-10-24-19(28)15-16-4-6-17(22)7-5-16/h2-7,14,18H,8-13,15H2,1H3,(H,24,28)(H2,23,25,26). The van der Waals surface area contributed by atoms with E-state index < -0.39 is 0 Å². The zero-order chi connectivity index (χ0) is 20.5. The maximum absolute atomic E-state index is 12.9. The molecule has 156 valence electrons. The van der Waals surface area contributed by atoms with Gasteiger partial charge in [0.15, 0.2) is 5.96 Å². The third-order valence-electron chi connectivity index (χ3n) is 4.89. The van der Waals surface area contributed by atoms with Gasteiger partial charge in [0, 0.05) is 39.3 Å². The third-order valence-corrected chi connectivity index (χ3v) is 5.82. The molecular weight excluding hydrogens is 389 g/mol. The summed E-state index contributed by atoms with van der Waals surface area (Å²) >= 11 is 1.78. The van der Waals surface area contributed by atoms with Gasteiger partial charge in [-0.2, -0.15) is 0 Å². The fraction of sp³-hybridized carbons (Fsp3) is 0.429. The zero-order valence-corrected chi connectivity index (χ0v) is 17.5. The first kappa shape index (κ1) is 21.1. The Bertz CT molecular complexity index is 786. The maximum Gasteiger partial charge on any atom is 0.224 e. The Morgan fingerprint density at radius 1 is 1.17 bits per heavy atom. The fourth-order valence-electron chi connectivity index (χ4n) is 3.31. The molecule has 2 heterocycles. The highest BCUT2D eigenvalue weighted by Gasteiger charge is 2.20. The van der Waals surface area contributed by atoms with Crippen molar-refractivity contribution in [2.24, 2.45) is 4.99 Å². The number of carbonyl (C=O) groups is 1. The van der Waals surface area contributed by atoms with Crippen molar-refractivity contribution in [1.29, 1.82) is 0 Å². The lowest BCUT2D eigenvalue weighted by atomic mass is 10.1. The van der Waals surface area contributed by atoms with Crippen LogP contribution in [0.2, 0.25) is 0 Å². The van der Waals surface area contributed by atoms with E-state index in [1.165, 1.54) is 17.1 Å². The van der Waals surface area contributed by atoms with Crippen molar-refractivity contribution in [3.05, 3.63) is 53.2 Å². The number of nitrogens with zero attached hydrogens (tertiary/aromatic N) is 2. The molecule has 0 unspecified atom stereocenters. The first-order valence-electron chi connectivity index (χ1n) is 9.91. The molecular formula is C21H28FN5OS. The Hall–Kier alpha value is -2.61. The average molecular weight is 418 g/mol. The largest absolute Gasteiger partial charge is 0.363 e. The van der Waals surface area contributed by atoms with E-state index in [1.54, 1.807) is 30.5 Å². The number of hydrogen-bond donors (Lipinski definition) is 3. The molecule has 3 N–H and O–H groups in total. The Morgan fingerprint density at radius 2 is 1.90 bits per heavy atom. The molecule has 0 spiro atoms. The Balaban J connectivity index is 1.31. The SMILES string of the molecule is CN=C(NCCNC(=O)Cc1ccc(F)cc1)NC1CCN(c2cccs2)CC1. The van der Waals surface area contributed by atoms with E-state index in [0.717, 1.165) is 37.5 Å². The van der Waals surface area contributed by atoms with Crippen LogP contribution in [-0.2, 0) is 11.2 Å². The molecule has 8 heteroatoms. The second-order valence-electron chi connectivity index (χ2n) is 7.01. The Labute approximate surface area is 175 Å². The molecule has 29 heavy (non-hydrogen) atoms. The van der Waals surface area contributed by atoms with Gasteiger partial charge in [-0.05, 0) is 48.1 Å². The van der Waals surface area contributed by atoms with Crippen LogP contribution in [0.4, 0.5) is 9.39 Å². The van der Waals surface area contributed by atoms with Crippen LogP contribution in [0, 0.1) is 5.82 Å². The average Bonchev–Trinajstić information content (AvgIpc) is 3.27. The number of hydrogen-bond acceptors (Lipinski definition) is 4. The summed E-state index contributed by atoms with van der Waals surface area (Å²) in [5, 5.41) is 13.0. The van der Waals surface area contributed by atoms with Crippen molar-refractivity contribution >= 4 is 28.2 Å². The van der Waals surface area contributed by atoms with Crippen molar-refractivity contribution in [3.63, 3.8) is 0 Å². The summed E-state index contributed by atoms with van der Waals surface area (Å²) < 4.78 is 12.9. The van der Waals surface area contributed by atoms with Gasteiger partial charge in [0.2, 0.25) is 5.91 Å². The highest BCUT2D eigenvalue weighted by Crippen LogP contribution is 2.24. The van der Waals surface area contributed by atoms with E-state index in [0.29, 0.717) is 19.1 Å². The summed E-state index contributed by atoms with van der Waals surface area (Å²) in [6.07, 6.45) is 2.37. The molecule has 1 aromatic carbocycles. The lowest BCUT2D eigenvalue weighted by Crippen LogP contribution is -2.49. The predicted molar refractivity (Wildman–Crippen MR) is 117 cm³/mol. The van der Waals surface area contributed by atoms with Crippen molar-refractivity contribution < 1.29 is 9.18 Å². The van der Waals surface area contributed by atoms with Gasteiger partial charge in [-0.3, -0.25) is 9.79 Å². The quantitative estimate of drug-likeness (QED) is 0.368. The van der Waals surface area contributed by atoms with Crippen LogP contribution in [0.25, 0.3) is 0 Å². The van der Waals surface area contributed by atoms with Crippen molar-refractivity contribution in [2.75, 3.05) is 38.1 Å². The normalized spacial score (nSPS) is 15.2. The van der Waals surface area contributed by atoms with Gasteiger partial charge in [-0.25, -0.2) is 4.39 Å². The minimum Gasteiger partial charge on any atom is -0.363 e. The zero-order valence-electron chi connectivity index (χ0n) is 16.7. The van der Waals surface area contributed by atoms with Gasteiger partial charge in [0.05, 0.1) is 11.4 Å². The number of benzene rings is 1. The molecule has 0 bridgehead atoms. The summed E-state index contributed by atoms with van der Waals surface area (Å²) in [5.41, 5.74) is 0.795. The molecule has 1 amide bonds. The molecule has 0 aliphatic carbocycles. The lowest BCUT2D eigenvalue weighted by Gasteiger charge is -2.33. The van der Waals surface area contributed by atoms with Crippen molar-refractivity contribution in [2.45, 2.75) is 25.3 Å². The minimum atomic E-state index is -0.297. The van der Waals surface area contributed by atoms with E-state index in [4.69, 9.17) is 0 Å². The Morgan fingerprint density at radius 3 is 2.55 bits per heavy atom. The number of aliphatic imine (C=N–C) groups is 1. The van der Waals surface area contributed by atoms with Gasteiger partial charge in [0.1, 0.15) is 5.82 Å². The second-order valence-corrected chi connectivity index (χ2v) is 7.94. The van der Waals surface area contributed by atoms with E-state index in [-0.39, 0.29) is 18.1 Å². The van der Waals surface area contributed by atoms with Crippen molar-refractivity contribution in [1.82, 2.24) is 16.0 Å². The number of piperidine rings is 1. The highest BCUT2D eigenvalue weighted by molar-refractivity contribution is 7.14. The first-order valence-corrected chi connectivity index (χ1v) is 10.8. The van der Waals surface area contributed by atoms with Crippen LogP contribution in [-0.4, -0.2) is 51.1 Å². The molecule has 0 radical (unpaired) electrons. The number of anilines is 1. The molecule has 0 atom stereocenters. The molecule has 3 rings (SSSR count). The number of halogens is 1.